The van der Waals surface area contributed by atoms with Crippen molar-refractivity contribution in [3.05, 3.63) is 102 Å². The Balaban J connectivity index is 0.000000654. The van der Waals surface area contributed by atoms with Crippen LogP contribution in [0.15, 0.2) is 85.6 Å². The van der Waals surface area contributed by atoms with Crippen molar-refractivity contribution in [3.8, 4) is 0 Å². The molecular formula is C34H38F3N9O5. The lowest BCUT2D eigenvalue weighted by Gasteiger charge is -2.27. The molecule has 4 atom stereocenters. The highest BCUT2D eigenvalue weighted by molar-refractivity contribution is 5.73. The lowest BCUT2D eigenvalue weighted by molar-refractivity contribution is -0.192. The van der Waals surface area contributed by atoms with Crippen molar-refractivity contribution in [1.82, 2.24) is 40.0 Å². The number of benzene rings is 2. The first kappa shape index (κ1) is 36.9. The maximum absolute atomic E-state index is 11.7. The molecule has 3 heterocycles. The van der Waals surface area contributed by atoms with E-state index in [1.54, 1.807) is 23.4 Å². The highest BCUT2D eigenvalue weighted by atomic mass is 19.4. The molecule has 3 aromatic heterocycles. The molecule has 2 aromatic carbocycles. The molecule has 5 N–H and O–H groups in total. The number of aliphatic carboxylic acids is 1. The Morgan fingerprint density at radius 2 is 1.59 bits per heavy atom. The third-order valence-electron chi connectivity index (χ3n) is 8.44. The number of carbonyl (C=O) groups is 2. The normalized spacial score (nSPS) is 18.7. The number of aromatic nitrogens is 6. The van der Waals surface area contributed by atoms with Gasteiger partial charge in [-0.15, -0.1) is 0 Å². The van der Waals surface area contributed by atoms with E-state index in [0.29, 0.717) is 43.2 Å². The lowest BCUT2D eigenvalue weighted by Crippen LogP contribution is -2.45. The molecule has 270 valence electrons. The van der Waals surface area contributed by atoms with E-state index < -0.39 is 30.4 Å². The third kappa shape index (κ3) is 9.05. The summed E-state index contributed by atoms with van der Waals surface area (Å²) in [5, 5.41) is 38.2. The molecule has 1 amide bonds. The Hall–Kier alpha value is -5.39. The summed E-state index contributed by atoms with van der Waals surface area (Å²) in [6.45, 7) is 4.75. The quantitative estimate of drug-likeness (QED) is 0.127. The van der Waals surface area contributed by atoms with Gasteiger partial charge in [0.1, 0.15) is 17.7 Å². The van der Waals surface area contributed by atoms with Crippen LogP contribution in [0, 0.1) is 6.92 Å². The van der Waals surface area contributed by atoms with Crippen LogP contribution in [0.2, 0.25) is 0 Å². The molecule has 5 aromatic rings. The predicted octanol–water partition coefficient (Wildman–Crippen LogP) is 3.15. The SMILES string of the molecule is CC(=O)NCCN(NCC(c1ccccc1)c1ccccc1)c1ncc2ncn([C@@H]3C[C@H](n4cc(C)cn4)[C@@H](O)[C@H]3O)c2n1.O=C(O)C(F)(F)F. The summed E-state index contributed by atoms with van der Waals surface area (Å²) in [7, 11) is 0. The van der Waals surface area contributed by atoms with Gasteiger partial charge >= 0.3 is 12.1 Å². The van der Waals surface area contributed by atoms with Crippen molar-refractivity contribution in [2.45, 2.75) is 56.7 Å². The van der Waals surface area contributed by atoms with Crippen LogP contribution in [0.1, 0.15) is 48.0 Å². The molecule has 17 heteroatoms. The average Bonchev–Trinajstić information content (AvgIpc) is 3.81. The Morgan fingerprint density at radius 1 is 0.980 bits per heavy atom. The standard InChI is InChI=1S/C32H37N9O3.C2HF3O2/c1-21-16-36-41(19-21)28-15-27(29(43)30(28)44)39-20-35-26-18-34-32(38-31(26)39)40(14-13-33-22(2)42)37-17-25(23-9-5-3-6-10-23)24-11-7-4-8-12-24;3-2(4,5)1(6)7/h3-12,16,18-20,25,27-30,37,43-44H,13-15,17H2,1-2H3,(H,33,42);(H,6,7)/t27-,28+,29+,30-;/m1./s1. The molecule has 1 fully saturated rings. The van der Waals surface area contributed by atoms with Crippen LogP contribution in [0.5, 0.6) is 0 Å². The summed E-state index contributed by atoms with van der Waals surface area (Å²) in [6.07, 6.45) is 0.228. The molecule has 6 rings (SSSR count). The fourth-order valence-corrected chi connectivity index (χ4v) is 5.92. The number of aliphatic hydroxyl groups excluding tert-OH is 2. The van der Waals surface area contributed by atoms with Crippen LogP contribution in [0.4, 0.5) is 19.1 Å². The summed E-state index contributed by atoms with van der Waals surface area (Å²) >= 11 is 0. The summed E-state index contributed by atoms with van der Waals surface area (Å²) in [5.41, 5.74) is 7.95. The van der Waals surface area contributed by atoms with E-state index in [-0.39, 0.29) is 17.9 Å². The minimum atomic E-state index is -5.08. The number of nitrogens with zero attached hydrogens (tertiary/aromatic N) is 7. The van der Waals surface area contributed by atoms with Gasteiger partial charge in [-0.1, -0.05) is 60.7 Å². The molecule has 1 aliphatic carbocycles. The summed E-state index contributed by atoms with van der Waals surface area (Å²) < 4.78 is 35.3. The van der Waals surface area contributed by atoms with Gasteiger partial charge in [-0.05, 0) is 30.0 Å². The molecule has 51 heavy (non-hydrogen) atoms. The predicted molar refractivity (Wildman–Crippen MR) is 179 cm³/mol. The number of aliphatic hydroxyl groups is 2. The van der Waals surface area contributed by atoms with E-state index in [1.165, 1.54) is 6.92 Å². The maximum atomic E-state index is 11.7. The number of alkyl halides is 3. The number of rotatable bonds is 11. The molecule has 1 aliphatic rings. The molecule has 0 saturated heterocycles. The fourth-order valence-electron chi connectivity index (χ4n) is 5.92. The Bertz CT molecular complexity index is 1870. The van der Waals surface area contributed by atoms with Crippen molar-refractivity contribution in [2.75, 3.05) is 24.6 Å². The molecule has 0 spiro atoms. The second kappa shape index (κ2) is 16.1. The molecule has 1 saturated carbocycles. The van der Waals surface area contributed by atoms with E-state index >= 15 is 0 Å². The zero-order valence-corrected chi connectivity index (χ0v) is 27.7. The van der Waals surface area contributed by atoms with Gasteiger partial charge in [0.25, 0.3) is 0 Å². The van der Waals surface area contributed by atoms with Crippen molar-refractivity contribution >= 4 is 29.0 Å². The fraction of sp³-hybridized carbons (Fsp3) is 0.353. The number of amides is 1. The summed E-state index contributed by atoms with van der Waals surface area (Å²) in [5.74, 6) is -2.43. The van der Waals surface area contributed by atoms with E-state index in [1.807, 2.05) is 59.1 Å². The van der Waals surface area contributed by atoms with Gasteiger partial charge in [0, 0.05) is 32.1 Å². The van der Waals surface area contributed by atoms with Crippen LogP contribution in [0.3, 0.4) is 0 Å². The van der Waals surface area contributed by atoms with Gasteiger partial charge in [0.2, 0.25) is 11.9 Å². The number of fused-ring (bicyclic) bond motifs is 1. The molecule has 0 unspecified atom stereocenters. The van der Waals surface area contributed by atoms with Gasteiger partial charge in [-0.2, -0.15) is 23.3 Å². The number of carbonyl (C=O) groups excluding carboxylic acids is 1. The minimum absolute atomic E-state index is 0.0490. The molecule has 14 nitrogen and oxygen atoms in total. The van der Waals surface area contributed by atoms with Gasteiger partial charge in [0.05, 0.1) is 37.3 Å². The van der Waals surface area contributed by atoms with Crippen molar-refractivity contribution < 1.29 is 38.1 Å². The number of anilines is 1. The number of imidazole rings is 1. The summed E-state index contributed by atoms with van der Waals surface area (Å²) in [6, 6.07) is 19.7. The Kier molecular flexibility index (Phi) is 11.6. The first-order chi connectivity index (χ1) is 24.3. The molecule has 0 radical (unpaired) electrons. The van der Waals surface area contributed by atoms with Crippen LogP contribution >= 0.6 is 0 Å². The third-order valence-corrected chi connectivity index (χ3v) is 8.44. The highest BCUT2D eigenvalue weighted by Gasteiger charge is 2.44. The van der Waals surface area contributed by atoms with E-state index in [4.69, 9.17) is 14.9 Å². The Labute approximate surface area is 290 Å². The van der Waals surface area contributed by atoms with Gasteiger partial charge in [0.15, 0.2) is 5.65 Å². The number of hydrazine groups is 1. The number of nitrogens with one attached hydrogen (secondary N) is 2. The monoisotopic (exact) mass is 709 g/mol. The second-order valence-electron chi connectivity index (χ2n) is 12.1. The number of halogens is 3. The number of aryl methyl sites for hydroxylation is 1. The number of hydrogen-bond acceptors (Lipinski definition) is 10. The maximum Gasteiger partial charge on any atom is 0.490 e. The van der Waals surface area contributed by atoms with Gasteiger partial charge in [-0.3, -0.25) is 14.5 Å². The van der Waals surface area contributed by atoms with Gasteiger partial charge < -0.3 is 25.2 Å². The number of carboxylic acids is 1. The zero-order chi connectivity index (χ0) is 36.7. The van der Waals surface area contributed by atoms with Crippen LogP contribution < -0.4 is 15.8 Å². The first-order valence-electron chi connectivity index (χ1n) is 16.1. The molecular weight excluding hydrogens is 671 g/mol. The van der Waals surface area contributed by atoms with Crippen LogP contribution in [-0.4, -0.2) is 94.5 Å². The molecule has 0 aliphatic heterocycles. The van der Waals surface area contributed by atoms with E-state index in [9.17, 15) is 28.2 Å². The minimum Gasteiger partial charge on any atom is -0.475 e. The summed E-state index contributed by atoms with van der Waals surface area (Å²) in [4.78, 5) is 34.6. The Morgan fingerprint density at radius 3 is 2.14 bits per heavy atom. The topological polar surface area (TPSA) is 184 Å². The van der Waals surface area contributed by atoms with E-state index in [2.05, 4.69) is 50.1 Å². The van der Waals surface area contributed by atoms with Crippen molar-refractivity contribution in [3.63, 3.8) is 0 Å². The first-order valence-corrected chi connectivity index (χ1v) is 16.1. The largest absolute Gasteiger partial charge is 0.490 e. The zero-order valence-electron chi connectivity index (χ0n) is 27.7. The van der Waals surface area contributed by atoms with Crippen LogP contribution in [-0.2, 0) is 9.59 Å². The number of carboxylic acid groups (broad SMARTS) is 1. The van der Waals surface area contributed by atoms with Crippen molar-refractivity contribution in [2.24, 2.45) is 0 Å². The van der Waals surface area contributed by atoms with Crippen molar-refractivity contribution in [1.29, 1.82) is 0 Å². The van der Waals surface area contributed by atoms with Crippen LogP contribution in [0.25, 0.3) is 11.2 Å². The van der Waals surface area contributed by atoms with E-state index in [0.717, 1.165) is 16.7 Å². The lowest BCUT2D eigenvalue weighted by atomic mass is 9.91. The number of hydrogen-bond donors (Lipinski definition) is 5. The smallest absolute Gasteiger partial charge is 0.475 e. The average molecular weight is 710 g/mol. The molecule has 0 bridgehead atoms. The highest BCUT2D eigenvalue weighted by Crippen LogP contribution is 2.39. The van der Waals surface area contributed by atoms with Gasteiger partial charge in [-0.25, -0.2) is 20.2 Å². The second-order valence-corrected chi connectivity index (χ2v) is 12.1.